The minimum absolute atomic E-state index is 0. The summed E-state index contributed by atoms with van der Waals surface area (Å²) in [6.45, 7) is 10.4. The molecule has 7 heteroatoms. The molecule has 0 fully saturated rings. The van der Waals surface area contributed by atoms with Gasteiger partial charge in [-0.25, -0.2) is 4.79 Å². The normalized spacial score (nSPS) is 6.41. The summed E-state index contributed by atoms with van der Waals surface area (Å²) in [6.07, 6.45) is 1.44. The molecule has 0 heterocycles. The van der Waals surface area contributed by atoms with Gasteiger partial charge in [0.15, 0.2) is 0 Å². The number of aliphatic carboxylic acids is 3. The zero-order valence-electron chi connectivity index (χ0n) is 9.07. The summed E-state index contributed by atoms with van der Waals surface area (Å²) in [4.78, 5) is 27.9. The molecule has 0 bridgehead atoms. The average Bonchev–Trinajstić information content (AvgIpc) is 2.19. The average molecular weight is 292 g/mol. The molecule has 17 heavy (non-hydrogen) atoms. The molecule has 0 unspecified atom stereocenters. The second kappa shape index (κ2) is 16.6. The van der Waals surface area contributed by atoms with Crippen molar-refractivity contribution in [3.63, 3.8) is 0 Å². The number of hydrogen-bond acceptors (Lipinski definition) is 5. The fraction of sp³-hybridized carbons (Fsp3) is 0.100. The smallest absolute Gasteiger partial charge is 0.545 e. The van der Waals surface area contributed by atoms with Crippen LogP contribution >= 0.6 is 0 Å². The van der Waals surface area contributed by atoms with Crippen LogP contribution in [0.15, 0.2) is 37.5 Å². The van der Waals surface area contributed by atoms with Gasteiger partial charge in [-0.2, -0.15) is 0 Å². The number of carbonyl (C=O) groups is 3. The van der Waals surface area contributed by atoms with E-state index in [1.165, 1.54) is 6.92 Å². The van der Waals surface area contributed by atoms with E-state index in [-0.39, 0.29) is 22.6 Å². The van der Waals surface area contributed by atoms with Gasteiger partial charge < -0.3 is 24.9 Å². The summed E-state index contributed by atoms with van der Waals surface area (Å²) >= 11 is 0. The van der Waals surface area contributed by atoms with Crippen molar-refractivity contribution in [2.45, 2.75) is 6.92 Å². The summed E-state index contributed by atoms with van der Waals surface area (Å²) in [6, 6.07) is 0. The van der Waals surface area contributed by atoms with E-state index in [1.807, 2.05) is 0 Å². The molecule has 6 nitrogen and oxygen atoms in total. The van der Waals surface area contributed by atoms with E-state index >= 15 is 0 Å². The van der Waals surface area contributed by atoms with Gasteiger partial charge in [-0.15, -0.1) is 0 Å². The van der Waals surface area contributed by atoms with Crippen LogP contribution in [0.3, 0.4) is 0 Å². The monoisotopic (exact) mass is 291 g/mol. The molecule has 0 saturated heterocycles. The summed E-state index contributed by atoms with van der Waals surface area (Å²) < 4.78 is 0. The fourth-order valence-corrected chi connectivity index (χ4v) is 0. The first-order valence-corrected chi connectivity index (χ1v) is 3.74. The molecule has 0 amide bonds. The van der Waals surface area contributed by atoms with E-state index in [0.29, 0.717) is 0 Å². The standard InChI is InChI=1S/C4H6O2.2C3H4O2.Cu/c1-3(2)4(5)6;2*1-2-3(4)5;/h1H2,2H3,(H,5,6);2*2H,1H2,(H,4,5);/q;;;+2/p-2. The van der Waals surface area contributed by atoms with Crippen molar-refractivity contribution >= 4 is 17.9 Å². The number of rotatable bonds is 3. The molecular formula is C10H12CuO6. The molecule has 0 aliphatic heterocycles. The van der Waals surface area contributed by atoms with Crippen LogP contribution in [-0.2, 0) is 31.5 Å². The molecule has 0 aromatic carbocycles. The first-order chi connectivity index (χ1) is 7.18. The predicted octanol–water partition coefficient (Wildman–Crippen LogP) is -1.51. The van der Waals surface area contributed by atoms with Crippen molar-refractivity contribution in [2.75, 3.05) is 0 Å². The maximum absolute atomic E-state index is 9.60. The van der Waals surface area contributed by atoms with Crippen molar-refractivity contribution in [1.29, 1.82) is 0 Å². The molecule has 0 rings (SSSR count). The summed E-state index contributed by atoms with van der Waals surface area (Å²) in [5.41, 5.74) is 0.176. The van der Waals surface area contributed by atoms with Crippen LogP contribution in [-0.4, -0.2) is 23.0 Å². The molecule has 0 atom stereocenters. The van der Waals surface area contributed by atoms with Gasteiger partial charge in [-0.1, -0.05) is 19.7 Å². The Kier molecular flexibility index (Phi) is 23.8. The van der Waals surface area contributed by atoms with Gasteiger partial charge in [0, 0.05) is 5.57 Å². The molecule has 0 aliphatic carbocycles. The van der Waals surface area contributed by atoms with Crippen LogP contribution in [0.4, 0.5) is 0 Å². The van der Waals surface area contributed by atoms with E-state index in [2.05, 4.69) is 19.7 Å². The first kappa shape index (κ1) is 24.4. The predicted molar refractivity (Wildman–Crippen MR) is 52.9 cm³/mol. The number of carbonyl (C=O) groups excluding carboxylic acids is 2. The van der Waals surface area contributed by atoms with Gasteiger partial charge in [-0.3, -0.25) is 0 Å². The maximum atomic E-state index is 9.60. The van der Waals surface area contributed by atoms with E-state index < -0.39 is 17.9 Å². The number of carboxylic acids is 3. The third-order valence-electron chi connectivity index (χ3n) is 0.698. The second-order valence-corrected chi connectivity index (χ2v) is 2.13. The molecule has 0 aliphatic rings. The van der Waals surface area contributed by atoms with Crippen LogP contribution in [0.1, 0.15) is 6.92 Å². The van der Waals surface area contributed by atoms with Crippen molar-refractivity contribution < 1.29 is 46.8 Å². The Morgan fingerprint density at radius 1 is 1.06 bits per heavy atom. The van der Waals surface area contributed by atoms with Crippen molar-refractivity contribution in [2.24, 2.45) is 0 Å². The molecule has 1 radical (unpaired) electrons. The molecule has 0 aromatic heterocycles. The van der Waals surface area contributed by atoms with E-state index in [0.717, 1.165) is 12.2 Å². The quantitative estimate of drug-likeness (QED) is 0.499. The van der Waals surface area contributed by atoms with Crippen LogP contribution in [0.5, 0.6) is 0 Å². The maximum Gasteiger partial charge on any atom is 2.00 e. The molecule has 1 N–H and O–H groups in total. The topological polar surface area (TPSA) is 118 Å². The van der Waals surface area contributed by atoms with Crippen molar-refractivity contribution in [1.82, 2.24) is 0 Å². The summed E-state index contributed by atoms with van der Waals surface area (Å²) in [5, 5.41) is 26.2. The van der Waals surface area contributed by atoms with Gasteiger partial charge in [0.25, 0.3) is 0 Å². The van der Waals surface area contributed by atoms with Gasteiger partial charge in [0.2, 0.25) is 0 Å². The number of carboxylic acid groups (broad SMARTS) is 3. The number of hydrogen-bond donors (Lipinski definition) is 1. The van der Waals surface area contributed by atoms with Gasteiger partial charge in [0.1, 0.15) is 0 Å². The van der Waals surface area contributed by atoms with Crippen molar-refractivity contribution in [3.05, 3.63) is 37.5 Å². The molecule has 0 aromatic rings. The molecule has 0 spiro atoms. The zero-order chi connectivity index (χ0) is 13.7. The van der Waals surface area contributed by atoms with Gasteiger partial charge in [-0.05, 0) is 19.1 Å². The molecule has 99 valence electrons. The molecule has 0 saturated carbocycles. The fourth-order valence-electron chi connectivity index (χ4n) is 0. The Morgan fingerprint density at radius 2 is 1.18 bits per heavy atom. The molecular weight excluding hydrogens is 280 g/mol. The largest absolute Gasteiger partial charge is 2.00 e. The van der Waals surface area contributed by atoms with E-state index in [4.69, 9.17) is 24.9 Å². The Morgan fingerprint density at radius 3 is 1.18 bits per heavy atom. The van der Waals surface area contributed by atoms with Crippen molar-refractivity contribution in [3.8, 4) is 0 Å². The Balaban J connectivity index is -0.0000000729. The summed E-state index contributed by atoms with van der Waals surface area (Å²) in [7, 11) is 0. The van der Waals surface area contributed by atoms with Crippen LogP contribution in [0, 0.1) is 0 Å². The van der Waals surface area contributed by atoms with E-state index in [1.54, 1.807) is 0 Å². The SMILES string of the molecule is C=C(C)C(=O)O.C=CC(=O)[O-].C=CC(=O)[O-].[Cu+2]. The summed E-state index contributed by atoms with van der Waals surface area (Å²) in [5.74, 6) is -3.40. The second-order valence-electron chi connectivity index (χ2n) is 2.13. The van der Waals surface area contributed by atoms with Crippen LogP contribution < -0.4 is 10.2 Å². The third kappa shape index (κ3) is 55.2. The van der Waals surface area contributed by atoms with E-state index in [9.17, 15) is 4.79 Å². The third-order valence-corrected chi connectivity index (χ3v) is 0.698. The Bertz CT molecular complexity index is 265. The van der Waals surface area contributed by atoms with Crippen LogP contribution in [0.25, 0.3) is 0 Å². The minimum atomic E-state index is -1.23. The van der Waals surface area contributed by atoms with Crippen LogP contribution in [0.2, 0.25) is 0 Å². The zero-order valence-corrected chi connectivity index (χ0v) is 10.0. The van der Waals surface area contributed by atoms with Gasteiger partial charge >= 0.3 is 23.0 Å². The Labute approximate surface area is 109 Å². The first-order valence-electron chi connectivity index (χ1n) is 3.74. The van der Waals surface area contributed by atoms with Gasteiger partial charge in [0.05, 0.1) is 11.9 Å². The Hall–Kier alpha value is -1.85. The minimum Gasteiger partial charge on any atom is -0.545 e.